The van der Waals surface area contributed by atoms with Crippen LogP contribution in [0.2, 0.25) is 0 Å². The van der Waals surface area contributed by atoms with E-state index >= 15 is 0 Å². The van der Waals surface area contributed by atoms with E-state index < -0.39 is 5.82 Å². The van der Waals surface area contributed by atoms with Gasteiger partial charge in [-0.2, -0.15) is 0 Å². The minimum atomic E-state index is -0.533. The maximum Gasteiger partial charge on any atom is 0.317 e. The summed E-state index contributed by atoms with van der Waals surface area (Å²) in [7, 11) is 0. The van der Waals surface area contributed by atoms with E-state index in [1.165, 1.54) is 24.3 Å². The number of nitrogens with zero attached hydrogens (tertiary/aromatic N) is 2. The van der Waals surface area contributed by atoms with E-state index in [0.29, 0.717) is 32.7 Å². The number of carbonyl (C=O) groups is 2. The maximum atomic E-state index is 13.9. The molecule has 1 saturated heterocycles. The van der Waals surface area contributed by atoms with Gasteiger partial charge in [-0.25, -0.2) is 13.6 Å². The molecule has 158 valence electrons. The normalized spacial score (nSPS) is 17.9. The lowest BCUT2D eigenvalue weighted by molar-refractivity contribution is 0.0658. The summed E-state index contributed by atoms with van der Waals surface area (Å²) < 4.78 is 27.1. The second kappa shape index (κ2) is 8.42. The Labute approximate surface area is 174 Å². The molecule has 0 unspecified atom stereocenters. The molecule has 2 aromatic carbocycles. The third kappa shape index (κ3) is 4.01. The molecule has 0 spiro atoms. The summed E-state index contributed by atoms with van der Waals surface area (Å²) in [5.74, 6) is -1.15. The van der Waals surface area contributed by atoms with Crippen LogP contribution in [0.3, 0.4) is 0 Å². The van der Waals surface area contributed by atoms with Gasteiger partial charge in [0.15, 0.2) is 0 Å². The second-order valence-electron chi connectivity index (χ2n) is 8.06. The molecule has 3 amide bonds. The topological polar surface area (TPSA) is 52.7 Å². The van der Waals surface area contributed by atoms with Crippen molar-refractivity contribution in [1.29, 1.82) is 0 Å². The summed E-state index contributed by atoms with van der Waals surface area (Å²) in [6, 6.07) is 12.3. The van der Waals surface area contributed by atoms with Crippen LogP contribution in [0.4, 0.5) is 13.6 Å². The highest BCUT2D eigenvalue weighted by atomic mass is 19.1. The van der Waals surface area contributed by atoms with Crippen molar-refractivity contribution in [2.45, 2.75) is 24.7 Å². The Morgan fingerprint density at radius 2 is 1.53 bits per heavy atom. The van der Waals surface area contributed by atoms with Gasteiger partial charge in [0.25, 0.3) is 5.91 Å². The lowest BCUT2D eigenvalue weighted by Gasteiger charge is -2.43. The van der Waals surface area contributed by atoms with Gasteiger partial charge >= 0.3 is 6.03 Å². The predicted molar refractivity (Wildman–Crippen MR) is 109 cm³/mol. The Morgan fingerprint density at radius 3 is 2.13 bits per heavy atom. The minimum Gasteiger partial charge on any atom is -0.337 e. The molecule has 30 heavy (non-hydrogen) atoms. The number of rotatable bonds is 4. The van der Waals surface area contributed by atoms with Crippen molar-refractivity contribution in [3.8, 4) is 0 Å². The summed E-state index contributed by atoms with van der Waals surface area (Å²) in [5, 5.41) is 3.02. The minimum absolute atomic E-state index is 0.0571. The van der Waals surface area contributed by atoms with Crippen LogP contribution < -0.4 is 5.32 Å². The molecule has 2 fully saturated rings. The lowest BCUT2D eigenvalue weighted by atomic mass is 9.64. The van der Waals surface area contributed by atoms with Crippen LogP contribution in [-0.2, 0) is 5.41 Å². The van der Waals surface area contributed by atoms with Gasteiger partial charge in [0.05, 0.1) is 5.56 Å². The monoisotopic (exact) mass is 413 g/mol. The largest absolute Gasteiger partial charge is 0.337 e. The van der Waals surface area contributed by atoms with Crippen molar-refractivity contribution < 1.29 is 18.4 Å². The van der Waals surface area contributed by atoms with Crippen LogP contribution in [0.1, 0.15) is 35.2 Å². The number of urea groups is 1. The lowest BCUT2D eigenvalue weighted by Crippen LogP contribution is -2.55. The molecule has 1 saturated carbocycles. The summed E-state index contributed by atoms with van der Waals surface area (Å²) in [6.07, 6.45) is 3.01. The smallest absolute Gasteiger partial charge is 0.317 e. The van der Waals surface area contributed by atoms with E-state index in [1.54, 1.807) is 34.1 Å². The first-order valence-corrected chi connectivity index (χ1v) is 10.3. The average molecular weight is 413 g/mol. The zero-order chi connectivity index (χ0) is 21.1. The van der Waals surface area contributed by atoms with Crippen LogP contribution in [0.25, 0.3) is 0 Å². The van der Waals surface area contributed by atoms with E-state index in [1.807, 2.05) is 0 Å². The third-order valence-electron chi connectivity index (χ3n) is 6.30. The Morgan fingerprint density at radius 1 is 0.900 bits per heavy atom. The number of hydrogen-bond acceptors (Lipinski definition) is 2. The van der Waals surface area contributed by atoms with Crippen LogP contribution in [0.15, 0.2) is 48.5 Å². The first kappa shape index (κ1) is 20.3. The average Bonchev–Trinajstić information content (AvgIpc) is 2.74. The van der Waals surface area contributed by atoms with Crippen molar-refractivity contribution in [2.24, 2.45) is 0 Å². The zero-order valence-corrected chi connectivity index (χ0v) is 16.7. The molecule has 7 heteroatoms. The van der Waals surface area contributed by atoms with Crippen LogP contribution in [-0.4, -0.2) is 54.5 Å². The van der Waals surface area contributed by atoms with E-state index in [4.69, 9.17) is 0 Å². The van der Waals surface area contributed by atoms with Crippen molar-refractivity contribution in [3.05, 3.63) is 71.3 Å². The molecule has 0 radical (unpaired) electrons. The van der Waals surface area contributed by atoms with Crippen molar-refractivity contribution in [2.75, 3.05) is 32.7 Å². The summed E-state index contributed by atoms with van der Waals surface area (Å²) in [6.45, 7) is 2.03. The first-order chi connectivity index (χ1) is 14.5. The second-order valence-corrected chi connectivity index (χ2v) is 8.06. The number of amides is 3. The number of carbonyl (C=O) groups excluding carboxylic acids is 2. The van der Waals surface area contributed by atoms with Crippen LogP contribution >= 0.6 is 0 Å². The predicted octanol–water partition coefficient (Wildman–Crippen LogP) is 3.55. The molecule has 0 atom stereocenters. The highest BCUT2D eigenvalue weighted by Crippen LogP contribution is 2.43. The Kier molecular flexibility index (Phi) is 5.70. The Bertz CT molecular complexity index is 920. The molecule has 1 aliphatic heterocycles. The van der Waals surface area contributed by atoms with E-state index in [-0.39, 0.29) is 28.7 Å². The summed E-state index contributed by atoms with van der Waals surface area (Å²) >= 11 is 0. The van der Waals surface area contributed by atoms with Gasteiger partial charge in [0, 0.05) is 38.1 Å². The number of hydrogen-bond donors (Lipinski definition) is 1. The number of halogens is 2. The van der Waals surface area contributed by atoms with Gasteiger partial charge in [-0.05, 0) is 42.7 Å². The molecule has 1 heterocycles. The quantitative estimate of drug-likeness (QED) is 0.834. The molecule has 0 aromatic heterocycles. The van der Waals surface area contributed by atoms with Crippen LogP contribution in [0.5, 0.6) is 0 Å². The highest BCUT2D eigenvalue weighted by Gasteiger charge is 2.39. The first-order valence-electron chi connectivity index (χ1n) is 10.3. The van der Waals surface area contributed by atoms with E-state index in [9.17, 15) is 18.4 Å². The maximum absolute atomic E-state index is 13.9. The molecule has 0 bridgehead atoms. The van der Waals surface area contributed by atoms with Gasteiger partial charge in [0.1, 0.15) is 11.6 Å². The molecular weight excluding hydrogens is 388 g/mol. The van der Waals surface area contributed by atoms with Gasteiger partial charge in [0.2, 0.25) is 0 Å². The fraction of sp³-hybridized carbons (Fsp3) is 0.391. The summed E-state index contributed by atoms with van der Waals surface area (Å²) in [4.78, 5) is 28.4. The fourth-order valence-corrected chi connectivity index (χ4v) is 4.25. The molecular formula is C23H25F2N3O2. The standard InChI is InChI=1S/C23H25F2N3O2/c24-18-8-6-17(7-9-18)23(10-3-11-23)16-26-22(30)28-14-12-27(13-15-28)21(29)19-4-1-2-5-20(19)25/h1-2,4-9H,3,10-16H2,(H,26,30). The Balaban J connectivity index is 1.31. The van der Waals surface area contributed by atoms with Crippen molar-refractivity contribution in [1.82, 2.24) is 15.1 Å². The number of benzene rings is 2. The molecule has 1 aliphatic carbocycles. The van der Waals surface area contributed by atoms with Gasteiger partial charge in [-0.15, -0.1) is 0 Å². The van der Waals surface area contributed by atoms with Gasteiger partial charge < -0.3 is 15.1 Å². The SMILES string of the molecule is O=C(NCC1(c2ccc(F)cc2)CCC1)N1CCN(C(=O)c2ccccc2F)CC1. The van der Waals surface area contributed by atoms with Crippen LogP contribution in [0, 0.1) is 11.6 Å². The zero-order valence-electron chi connectivity index (χ0n) is 16.7. The summed E-state index contributed by atoms with van der Waals surface area (Å²) in [5.41, 5.74) is 0.976. The van der Waals surface area contributed by atoms with Gasteiger partial charge in [-0.3, -0.25) is 4.79 Å². The van der Waals surface area contributed by atoms with E-state index in [2.05, 4.69) is 5.32 Å². The van der Waals surface area contributed by atoms with Gasteiger partial charge in [-0.1, -0.05) is 30.7 Å². The molecule has 4 rings (SSSR count). The fourth-order valence-electron chi connectivity index (χ4n) is 4.25. The molecule has 1 N–H and O–H groups in total. The molecule has 2 aromatic rings. The molecule has 5 nitrogen and oxygen atoms in total. The Hall–Kier alpha value is -2.96. The molecule has 2 aliphatic rings. The van der Waals surface area contributed by atoms with E-state index in [0.717, 1.165) is 24.8 Å². The highest BCUT2D eigenvalue weighted by molar-refractivity contribution is 5.94. The van der Waals surface area contributed by atoms with Crippen molar-refractivity contribution >= 4 is 11.9 Å². The number of piperazine rings is 1. The van der Waals surface area contributed by atoms with Crippen molar-refractivity contribution in [3.63, 3.8) is 0 Å². The third-order valence-corrected chi connectivity index (χ3v) is 6.30. The number of nitrogens with one attached hydrogen (secondary N) is 1.